The highest BCUT2D eigenvalue weighted by molar-refractivity contribution is 6.33. The number of nitrogens with zero attached hydrogens (tertiary/aromatic N) is 1. The molecule has 0 unspecified atom stereocenters. The van der Waals surface area contributed by atoms with Gasteiger partial charge in [-0.3, -0.25) is 4.79 Å². The van der Waals surface area contributed by atoms with Crippen LogP contribution in [0, 0.1) is 11.6 Å². The van der Waals surface area contributed by atoms with Crippen molar-refractivity contribution in [2.75, 3.05) is 20.8 Å². The summed E-state index contributed by atoms with van der Waals surface area (Å²) in [5.41, 5.74) is 0.507. The summed E-state index contributed by atoms with van der Waals surface area (Å²) in [6, 6.07) is 7.55. The predicted octanol–water partition coefficient (Wildman–Crippen LogP) is 3.44. The van der Waals surface area contributed by atoms with Crippen LogP contribution >= 0.6 is 11.6 Å². The molecule has 2 aromatic carbocycles. The third-order valence-corrected chi connectivity index (χ3v) is 3.85. The number of benzene rings is 2. The maximum Gasteiger partial charge on any atom is 0.340 e. The van der Waals surface area contributed by atoms with E-state index in [1.807, 2.05) is 0 Å². The Hall–Kier alpha value is -2.67. The van der Waals surface area contributed by atoms with Gasteiger partial charge in [0.25, 0.3) is 5.91 Å². The number of esters is 1. The van der Waals surface area contributed by atoms with Crippen molar-refractivity contribution in [1.82, 2.24) is 4.90 Å². The number of ether oxygens (including phenoxy) is 2. The third-order valence-electron chi connectivity index (χ3n) is 3.54. The highest BCUT2D eigenvalue weighted by Gasteiger charge is 2.17. The van der Waals surface area contributed by atoms with E-state index >= 15 is 0 Å². The summed E-state index contributed by atoms with van der Waals surface area (Å²) in [4.78, 5) is 25.3. The first-order valence-electron chi connectivity index (χ1n) is 7.50. The van der Waals surface area contributed by atoms with Gasteiger partial charge in [0.1, 0.15) is 5.82 Å². The van der Waals surface area contributed by atoms with Crippen LogP contribution in [-0.2, 0) is 16.1 Å². The molecule has 138 valence electrons. The molecule has 0 N–H and O–H groups in total. The quantitative estimate of drug-likeness (QED) is 0.717. The van der Waals surface area contributed by atoms with Crippen molar-refractivity contribution in [3.05, 3.63) is 64.2 Å². The molecule has 5 nitrogen and oxygen atoms in total. The van der Waals surface area contributed by atoms with Crippen molar-refractivity contribution >= 4 is 23.5 Å². The Balaban J connectivity index is 1.92. The average molecular weight is 384 g/mol. The first-order valence-corrected chi connectivity index (χ1v) is 7.88. The second kappa shape index (κ2) is 8.62. The monoisotopic (exact) mass is 383 g/mol. The lowest BCUT2D eigenvalue weighted by Crippen LogP contribution is -2.30. The van der Waals surface area contributed by atoms with Crippen LogP contribution in [0.15, 0.2) is 36.4 Å². The summed E-state index contributed by atoms with van der Waals surface area (Å²) in [6.45, 7) is -0.406. The van der Waals surface area contributed by atoms with Crippen LogP contribution in [0.2, 0.25) is 5.02 Å². The fourth-order valence-electron chi connectivity index (χ4n) is 2.14. The Morgan fingerprint density at radius 1 is 1.15 bits per heavy atom. The van der Waals surface area contributed by atoms with Gasteiger partial charge in [-0.15, -0.1) is 0 Å². The average Bonchev–Trinajstić information content (AvgIpc) is 2.59. The first kappa shape index (κ1) is 19.7. The molecule has 2 rings (SSSR count). The molecule has 0 aliphatic rings. The molecule has 0 saturated carbocycles. The lowest BCUT2D eigenvalue weighted by Gasteiger charge is -2.17. The van der Waals surface area contributed by atoms with Crippen LogP contribution < -0.4 is 4.74 Å². The van der Waals surface area contributed by atoms with Gasteiger partial charge in [0.05, 0.1) is 17.7 Å². The Bertz CT molecular complexity index is 829. The Kier molecular flexibility index (Phi) is 6.52. The van der Waals surface area contributed by atoms with Gasteiger partial charge in [-0.25, -0.2) is 13.6 Å². The maximum absolute atomic E-state index is 13.7. The van der Waals surface area contributed by atoms with Gasteiger partial charge < -0.3 is 14.4 Å². The highest BCUT2D eigenvalue weighted by atomic mass is 35.5. The minimum atomic E-state index is -0.841. The van der Waals surface area contributed by atoms with Crippen molar-refractivity contribution in [3.63, 3.8) is 0 Å². The molecular weight excluding hydrogens is 368 g/mol. The van der Waals surface area contributed by atoms with E-state index in [0.29, 0.717) is 5.56 Å². The summed E-state index contributed by atoms with van der Waals surface area (Å²) < 4.78 is 36.4. The predicted molar refractivity (Wildman–Crippen MR) is 91.1 cm³/mol. The lowest BCUT2D eigenvalue weighted by molar-refractivity contribution is -0.133. The molecule has 1 amide bonds. The van der Waals surface area contributed by atoms with Crippen LogP contribution in [-0.4, -0.2) is 37.5 Å². The Morgan fingerprint density at radius 3 is 2.50 bits per heavy atom. The highest BCUT2D eigenvalue weighted by Crippen LogP contribution is 2.19. The van der Waals surface area contributed by atoms with E-state index in [-0.39, 0.29) is 22.9 Å². The second-order valence-corrected chi connectivity index (χ2v) is 5.83. The van der Waals surface area contributed by atoms with Crippen molar-refractivity contribution in [1.29, 1.82) is 0 Å². The van der Waals surface area contributed by atoms with E-state index in [1.54, 1.807) is 6.07 Å². The molecule has 0 spiro atoms. The van der Waals surface area contributed by atoms with Gasteiger partial charge in [-0.05, 0) is 35.9 Å². The maximum atomic E-state index is 13.7. The summed E-state index contributed by atoms with van der Waals surface area (Å²) in [6.07, 6.45) is 0. The molecular formula is C18H16ClF2NO4. The van der Waals surface area contributed by atoms with Crippen LogP contribution in [0.4, 0.5) is 8.78 Å². The Labute approximate surface area is 154 Å². The molecule has 0 heterocycles. The third kappa shape index (κ3) is 4.92. The fourth-order valence-corrected chi connectivity index (χ4v) is 2.38. The zero-order chi connectivity index (χ0) is 19.3. The van der Waals surface area contributed by atoms with Crippen molar-refractivity contribution in [2.24, 2.45) is 0 Å². The summed E-state index contributed by atoms with van der Waals surface area (Å²) in [7, 11) is 2.85. The lowest BCUT2D eigenvalue weighted by atomic mass is 10.2. The zero-order valence-electron chi connectivity index (χ0n) is 14.1. The molecule has 0 bridgehead atoms. The number of carbonyl (C=O) groups is 2. The van der Waals surface area contributed by atoms with Crippen molar-refractivity contribution in [3.8, 4) is 5.75 Å². The minimum absolute atomic E-state index is 0.0410. The SMILES string of the molecule is COc1ccc(CN(C)C(=O)COC(=O)c2ccc(F)cc2Cl)cc1F. The number of carbonyl (C=O) groups excluding carboxylic acids is 2. The van der Waals surface area contributed by atoms with E-state index in [4.69, 9.17) is 21.1 Å². The summed E-state index contributed by atoms with van der Waals surface area (Å²) in [5.74, 6) is -2.36. The van der Waals surface area contributed by atoms with E-state index in [9.17, 15) is 18.4 Å². The van der Waals surface area contributed by atoms with E-state index < -0.39 is 30.1 Å². The fraction of sp³-hybridized carbons (Fsp3) is 0.222. The molecule has 26 heavy (non-hydrogen) atoms. The first-order chi connectivity index (χ1) is 12.3. The number of rotatable bonds is 6. The molecule has 0 radical (unpaired) electrons. The summed E-state index contributed by atoms with van der Waals surface area (Å²) >= 11 is 5.77. The smallest absolute Gasteiger partial charge is 0.340 e. The Morgan fingerprint density at radius 2 is 1.88 bits per heavy atom. The number of hydrogen-bond donors (Lipinski definition) is 0. The number of hydrogen-bond acceptors (Lipinski definition) is 4. The molecule has 0 aliphatic carbocycles. The molecule has 0 atom stereocenters. The van der Waals surface area contributed by atoms with Gasteiger partial charge in [-0.2, -0.15) is 0 Å². The van der Waals surface area contributed by atoms with Gasteiger partial charge in [-0.1, -0.05) is 17.7 Å². The second-order valence-electron chi connectivity index (χ2n) is 5.42. The van der Waals surface area contributed by atoms with Crippen molar-refractivity contribution < 1.29 is 27.8 Å². The van der Waals surface area contributed by atoms with Gasteiger partial charge in [0.15, 0.2) is 18.2 Å². The van der Waals surface area contributed by atoms with Crippen LogP contribution in [0.25, 0.3) is 0 Å². The molecule has 0 saturated heterocycles. The van der Waals surface area contributed by atoms with Gasteiger partial charge >= 0.3 is 5.97 Å². The van der Waals surface area contributed by atoms with Crippen LogP contribution in [0.1, 0.15) is 15.9 Å². The number of halogens is 3. The van der Waals surface area contributed by atoms with E-state index in [0.717, 1.165) is 12.1 Å². The van der Waals surface area contributed by atoms with Gasteiger partial charge in [0, 0.05) is 13.6 Å². The normalized spacial score (nSPS) is 10.3. The zero-order valence-corrected chi connectivity index (χ0v) is 14.8. The van der Waals surface area contributed by atoms with E-state index in [2.05, 4.69) is 0 Å². The van der Waals surface area contributed by atoms with Crippen LogP contribution in [0.5, 0.6) is 5.75 Å². The topological polar surface area (TPSA) is 55.8 Å². The van der Waals surface area contributed by atoms with Gasteiger partial charge in [0.2, 0.25) is 0 Å². The number of amides is 1. The number of likely N-dealkylation sites (N-methyl/N-ethyl adjacent to an activating group) is 1. The molecule has 2 aromatic rings. The van der Waals surface area contributed by atoms with Crippen molar-refractivity contribution in [2.45, 2.75) is 6.54 Å². The largest absolute Gasteiger partial charge is 0.494 e. The standard InChI is InChI=1S/C18H16ClF2NO4/c1-22(9-11-3-6-16(25-2)15(21)7-11)17(23)10-26-18(24)13-5-4-12(20)8-14(13)19/h3-8H,9-10H2,1-2H3. The van der Waals surface area contributed by atoms with E-state index in [1.165, 1.54) is 37.3 Å². The summed E-state index contributed by atoms with van der Waals surface area (Å²) in [5, 5.41) is -0.107. The van der Waals surface area contributed by atoms with Crippen LogP contribution in [0.3, 0.4) is 0 Å². The molecule has 0 aromatic heterocycles. The number of methoxy groups -OCH3 is 1. The molecule has 8 heteroatoms. The minimum Gasteiger partial charge on any atom is -0.494 e. The molecule has 0 fully saturated rings. The molecule has 0 aliphatic heterocycles.